The predicted octanol–water partition coefficient (Wildman–Crippen LogP) is 1.11. The van der Waals surface area contributed by atoms with Gasteiger partial charge in [0, 0.05) is 6.54 Å². The molecule has 0 bridgehead atoms. The van der Waals surface area contributed by atoms with Gasteiger partial charge in [0.05, 0.1) is 11.8 Å². The van der Waals surface area contributed by atoms with Crippen molar-refractivity contribution in [3.8, 4) is 0 Å². The standard InChI is InChI=1S/C13H22N2O2/c1-14(2)8-5-9-15-12(16)10-6-3-4-7-11(10)13(15)17/h10-11H,3-9H2,1-2H3. The van der Waals surface area contributed by atoms with Gasteiger partial charge in [-0.15, -0.1) is 0 Å². The Morgan fingerprint density at radius 1 is 1.12 bits per heavy atom. The Labute approximate surface area is 103 Å². The maximum atomic E-state index is 12.1. The Morgan fingerprint density at radius 3 is 2.12 bits per heavy atom. The molecule has 0 aromatic heterocycles. The second kappa shape index (κ2) is 5.17. The zero-order chi connectivity index (χ0) is 12.4. The Hall–Kier alpha value is -0.900. The monoisotopic (exact) mass is 238 g/mol. The molecule has 2 amide bonds. The molecule has 1 aliphatic heterocycles. The zero-order valence-corrected chi connectivity index (χ0v) is 10.8. The molecular weight excluding hydrogens is 216 g/mol. The summed E-state index contributed by atoms with van der Waals surface area (Å²) in [6, 6.07) is 0. The van der Waals surface area contributed by atoms with Gasteiger partial charge in [0.2, 0.25) is 11.8 Å². The van der Waals surface area contributed by atoms with Crippen molar-refractivity contribution in [3.05, 3.63) is 0 Å². The third-order valence-electron chi connectivity index (χ3n) is 3.92. The Morgan fingerprint density at radius 2 is 1.65 bits per heavy atom. The molecule has 1 aliphatic carbocycles. The molecule has 2 atom stereocenters. The lowest BCUT2D eigenvalue weighted by atomic mass is 9.81. The average Bonchev–Trinajstić information content (AvgIpc) is 2.54. The van der Waals surface area contributed by atoms with Crippen LogP contribution in [0.3, 0.4) is 0 Å². The van der Waals surface area contributed by atoms with E-state index in [2.05, 4.69) is 4.90 Å². The van der Waals surface area contributed by atoms with Gasteiger partial charge < -0.3 is 4.90 Å². The highest BCUT2D eigenvalue weighted by Gasteiger charge is 2.47. The minimum Gasteiger partial charge on any atom is -0.309 e. The van der Waals surface area contributed by atoms with Gasteiger partial charge in [-0.3, -0.25) is 14.5 Å². The first-order valence-electron chi connectivity index (χ1n) is 6.61. The fourth-order valence-electron chi connectivity index (χ4n) is 3.00. The number of carbonyl (C=O) groups excluding carboxylic acids is 2. The number of nitrogens with zero attached hydrogens (tertiary/aromatic N) is 2. The number of fused-ring (bicyclic) bond motifs is 1. The van der Waals surface area contributed by atoms with Crippen molar-refractivity contribution in [2.75, 3.05) is 27.2 Å². The molecule has 96 valence electrons. The Bertz CT molecular complexity index is 291. The summed E-state index contributed by atoms with van der Waals surface area (Å²) >= 11 is 0. The van der Waals surface area contributed by atoms with E-state index < -0.39 is 0 Å². The molecule has 0 spiro atoms. The molecule has 4 heteroatoms. The molecule has 1 saturated carbocycles. The van der Waals surface area contributed by atoms with E-state index in [4.69, 9.17) is 0 Å². The number of likely N-dealkylation sites (tertiary alicyclic amines) is 1. The number of imide groups is 1. The van der Waals surface area contributed by atoms with Crippen molar-refractivity contribution in [2.45, 2.75) is 32.1 Å². The van der Waals surface area contributed by atoms with Crippen molar-refractivity contribution >= 4 is 11.8 Å². The molecule has 2 unspecified atom stereocenters. The highest BCUT2D eigenvalue weighted by Crippen LogP contribution is 2.37. The minimum absolute atomic E-state index is 0.00982. The predicted molar refractivity (Wildman–Crippen MR) is 65.3 cm³/mol. The normalized spacial score (nSPS) is 29.0. The van der Waals surface area contributed by atoms with Crippen LogP contribution in [0.1, 0.15) is 32.1 Å². The maximum Gasteiger partial charge on any atom is 0.233 e. The molecule has 1 heterocycles. The maximum absolute atomic E-state index is 12.1. The van der Waals surface area contributed by atoms with Gasteiger partial charge in [-0.1, -0.05) is 12.8 Å². The van der Waals surface area contributed by atoms with Gasteiger partial charge in [0.1, 0.15) is 0 Å². The summed E-state index contributed by atoms with van der Waals surface area (Å²) in [7, 11) is 4.01. The van der Waals surface area contributed by atoms with Crippen LogP contribution in [0, 0.1) is 11.8 Å². The van der Waals surface area contributed by atoms with Gasteiger partial charge >= 0.3 is 0 Å². The van der Waals surface area contributed by atoms with Crippen molar-refractivity contribution < 1.29 is 9.59 Å². The second-order valence-electron chi connectivity index (χ2n) is 5.48. The van der Waals surface area contributed by atoms with Crippen LogP contribution in [0.5, 0.6) is 0 Å². The van der Waals surface area contributed by atoms with E-state index in [1.165, 1.54) is 4.90 Å². The molecule has 0 aromatic carbocycles. The highest BCUT2D eigenvalue weighted by atomic mass is 16.2. The van der Waals surface area contributed by atoms with Crippen LogP contribution in [-0.2, 0) is 9.59 Å². The fourth-order valence-corrected chi connectivity index (χ4v) is 3.00. The first-order chi connectivity index (χ1) is 8.11. The van der Waals surface area contributed by atoms with Crippen molar-refractivity contribution in [2.24, 2.45) is 11.8 Å². The smallest absolute Gasteiger partial charge is 0.233 e. The first-order valence-corrected chi connectivity index (χ1v) is 6.61. The molecule has 2 aliphatic rings. The summed E-state index contributed by atoms with van der Waals surface area (Å²) in [4.78, 5) is 27.8. The number of amides is 2. The summed E-state index contributed by atoms with van der Waals surface area (Å²) in [5, 5.41) is 0. The van der Waals surface area contributed by atoms with E-state index in [0.717, 1.165) is 38.6 Å². The Kier molecular flexibility index (Phi) is 3.82. The van der Waals surface area contributed by atoms with Crippen LogP contribution in [0.2, 0.25) is 0 Å². The number of carbonyl (C=O) groups is 2. The van der Waals surface area contributed by atoms with E-state index >= 15 is 0 Å². The van der Waals surface area contributed by atoms with E-state index in [9.17, 15) is 9.59 Å². The summed E-state index contributed by atoms with van der Waals surface area (Å²) in [5.74, 6) is 0.211. The number of hydrogen-bond donors (Lipinski definition) is 0. The lowest BCUT2D eigenvalue weighted by Crippen LogP contribution is -2.33. The van der Waals surface area contributed by atoms with Crippen LogP contribution in [0.4, 0.5) is 0 Å². The summed E-state index contributed by atoms with van der Waals surface area (Å²) in [6.45, 7) is 1.52. The Balaban J connectivity index is 1.94. The van der Waals surface area contributed by atoms with Crippen LogP contribution >= 0.6 is 0 Å². The van der Waals surface area contributed by atoms with Crippen molar-refractivity contribution in [1.29, 1.82) is 0 Å². The van der Waals surface area contributed by atoms with Crippen molar-refractivity contribution in [1.82, 2.24) is 9.80 Å². The molecule has 0 radical (unpaired) electrons. The zero-order valence-electron chi connectivity index (χ0n) is 10.8. The average molecular weight is 238 g/mol. The SMILES string of the molecule is CN(C)CCCN1C(=O)C2CCCCC2C1=O. The van der Waals surface area contributed by atoms with Gasteiger partial charge in [-0.05, 0) is 39.9 Å². The molecule has 0 aromatic rings. The molecule has 4 nitrogen and oxygen atoms in total. The van der Waals surface area contributed by atoms with E-state index in [1.807, 2.05) is 14.1 Å². The van der Waals surface area contributed by atoms with E-state index in [0.29, 0.717) is 6.54 Å². The van der Waals surface area contributed by atoms with Gasteiger partial charge in [-0.25, -0.2) is 0 Å². The summed E-state index contributed by atoms with van der Waals surface area (Å²) < 4.78 is 0. The van der Waals surface area contributed by atoms with Gasteiger partial charge in [-0.2, -0.15) is 0 Å². The molecule has 2 rings (SSSR count). The number of hydrogen-bond acceptors (Lipinski definition) is 3. The van der Waals surface area contributed by atoms with Crippen LogP contribution in [-0.4, -0.2) is 48.8 Å². The summed E-state index contributed by atoms with van der Waals surface area (Å²) in [5.41, 5.74) is 0. The molecule has 2 fully saturated rings. The second-order valence-corrected chi connectivity index (χ2v) is 5.48. The number of rotatable bonds is 4. The van der Waals surface area contributed by atoms with Crippen molar-refractivity contribution in [3.63, 3.8) is 0 Å². The quantitative estimate of drug-likeness (QED) is 0.689. The van der Waals surface area contributed by atoms with E-state index in [1.54, 1.807) is 0 Å². The van der Waals surface area contributed by atoms with Crippen LogP contribution in [0.15, 0.2) is 0 Å². The minimum atomic E-state index is 0.00982. The third kappa shape index (κ3) is 2.51. The first kappa shape index (κ1) is 12.6. The molecule has 0 N–H and O–H groups in total. The third-order valence-corrected chi connectivity index (χ3v) is 3.92. The lowest BCUT2D eigenvalue weighted by molar-refractivity contribution is -0.140. The topological polar surface area (TPSA) is 40.6 Å². The molecule has 1 saturated heterocycles. The van der Waals surface area contributed by atoms with Gasteiger partial charge in [0.25, 0.3) is 0 Å². The van der Waals surface area contributed by atoms with Crippen LogP contribution in [0.25, 0.3) is 0 Å². The molecule has 17 heavy (non-hydrogen) atoms. The van der Waals surface area contributed by atoms with Crippen LogP contribution < -0.4 is 0 Å². The summed E-state index contributed by atoms with van der Waals surface area (Å²) in [6.07, 6.45) is 4.92. The molecular formula is C13H22N2O2. The lowest BCUT2D eigenvalue weighted by Gasteiger charge is -2.19. The largest absolute Gasteiger partial charge is 0.309 e. The van der Waals surface area contributed by atoms with Gasteiger partial charge in [0.15, 0.2) is 0 Å². The highest BCUT2D eigenvalue weighted by molar-refractivity contribution is 6.05. The fraction of sp³-hybridized carbons (Fsp3) is 0.846. The van der Waals surface area contributed by atoms with E-state index in [-0.39, 0.29) is 23.7 Å².